The molecule has 5 nitrogen and oxygen atoms in total. The van der Waals surface area contributed by atoms with Crippen LogP contribution in [0.15, 0.2) is 68.9 Å². The summed E-state index contributed by atoms with van der Waals surface area (Å²) in [6.45, 7) is 0. The monoisotopic (exact) mass is 533 g/mol. The van der Waals surface area contributed by atoms with Gasteiger partial charge >= 0.3 is 0 Å². The van der Waals surface area contributed by atoms with Crippen molar-refractivity contribution in [2.75, 3.05) is 5.32 Å². The van der Waals surface area contributed by atoms with Gasteiger partial charge in [0.25, 0.3) is 5.91 Å². The molecule has 0 aromatic heterocycles. The van der Waals surface area contributed by atoms with E-state index in [0.717, 1.165) is 0 Å². The maximum absolute atomic E-state index is 12.8. The number of carbonyl (C=O) groups excluding carboxylic acids is 1. The van der Waals surface area contributed by atoms with Gasteiger partial charge < -0.3 is 10.4 Å². The van der Waals surface area contributed by atoms with Gasteiger partial charge in [0.15, 0.2) is 0 Å². The number of halogens is 4. The number of aromatic hydroxyl groups is 1. The molecule has 0 unspecified atom stereocenters. The number of anilines is 1. The van der Waals surface area contributed by atoms with Crippen LogP contribution in [-0.4, -0.2) is 19.4 Å². The van der Waals surface area contributed by atoms with E-state index < -0.39 is 15.7 Å². The highest BCUT2D eigenvalue weighted by atomic mass is 79.9. The molecule has 0 aliphatic carbocycles. The molecule has 0 atom stereocenters. The van der Waals surface area contributed by atoms with Crippen molar-refractivity contribution in [1.82, 2.24) is 0 Å². The fourth-order valence-corrected chi connectivity index (χ4v) is 4.83. The first kappa shape index (κ1) is 21.9. The number of carbonyl (C=O) groups is 1. The number of hydrogen-bond acceptors (Lipinski definition) is 4. The van der Waals surface area contributed by atoms with Crippen LogP contribution in [0, 0.1) is 0 Å². The van der Waals surface area contributed by atoms with Gasteiger partial charge in [-0.05, 0) is 70.5 Å². The minimum Gasteiger partial charge on any atom is -0.506 e. The molecule has 2 N–H and O–H groups in total. The molecule has 3 rings (SSSR count). The van der Waals surface area contributed by atoms with Crippen molar-refractivity contribution < 1.29 is 18.3 Å². The molecule has 29 heavy (non-hydrogen) atoms. The predicted octanol–water partition coefficient (Wildman–Crippen LogP) is 6.20. The van der Waals surface area contributed by atoms with E-state index in [9.17, 15) is 18.3 Å². The van der Waals surface area contributed by atoms with Crippen LogP contribution in [0.2, 0.25) is 15.1 Å². The molecule has 1 amide bonds. The van der Waals surface area contributed by atoms with Crippen molar-refractivity contribution in [2.45, 2.75) is 9.79 Å². The SMILES string of the molecule is O=C(Nc1cc(S(=O)(=O)c2ccc(Cl)cc2)ccc1Cl)c1cc(Cl)cc(Br)c1O. The first-order valence-corrected chi connectivity index (χ1v) is 11.3. The van der Waals surface area contributed by atoms with Crippen molar-refractivity contribution in [2.24, 2.45) is 0 Å². The van der Waals surface area contributed by atoms with Crippen LogP contribution in [0.4, 0.5) is 5.69 Å². The van der Waals surface area contributed by atoms with Crippen molar-refractivity contribution in [3.8, 4) is 5.75 Å². The van der Waals surface area contributed by atoms with E-state index >= 15 is 0 Å². The molecular formula is C19H11BrCl3NO4S. The molecule has 0 bridgehead atoms. The Hall–Kier alpha value is -1.77. The fraction of sp³-hybridized carbons (Fsp3) is 0. The first-order chi connectivity index (χ1) is 13.6. The zero-order valence-corrected chi connectivity index (χ0v) is 19.0. The van der Waals surface area contributed by atoms with Gasteiger partial charge in [0.1, 0.15) is 5.75 Å². The van der Waals surface area contributed by atoms with Crippen molar-refractivity contribution >= 4 is 72.2 Å². The summed E-state index contributed by atoms with van der Waals surface area (Å²) in [6, 6.07) is 12.3. The number of hydrogen-bond donors (Lipinski definition) is 2. The Labute approximate surface area is 190 Å². The number of benzene rings is 3. The predicted molar refractivity (Wildman–Crippen MR) is 117 cm³/mol. The Bertz CT molecular complexity index is 1210. The fourth-order valence-electron chi connectivity index (χ4n) is 2.45. The Morgan fingerprint density at radius 2 is 1.52 bits per heavy atom. The summed E-state index contributed by atoms with van der Waals surface area (Å²) in [4.78, 5) is 12.6. The number of rotatable bonds is 4. The van der Waals surface area contributed by atoms with Gasteiger partial charge in [-0.1, -0.05) is 34.8 Å². The Morgan fingerprint density at radius 3 is 2.17 bits per heavy atom. The lowest BCUT2D eigenvalue weighted by Crippen LogP contribution is -2.13. The molecule has 10 heteroatoms. The summed E-state index contributed by atoms with van der Waals surface area (Å²) in [7, 11) is -3.86. The van der Waals surface area contributed by atoms with E-state index in [1.165, 1.54) is 54.6 Å². The van der Waals surface area contributed by atoms with Gasteiger partial charge in [-0.2, -0.15) is 0 Å². The lowest BCUT2D eigenvalue weighted by molar-refractivity contribution is 0.102. The normalized spacial score (nSPS) is 11.3. The number of phenols is 1. The van der Waals surface area contributed by atoms with Crippen LogP contribution in [0.5, 0.6) is 5.75 Å². The molecular weight excluding hydrogens is 525 g/mol. The number of nitrogens with one attached hydrogen (secondary N) is 1. The summed E-state index contributed by atoms with van der Waals surface area (Å²) in [5.41, 5.74) is -0.0476. The van der Waals surface area contributed by atoms with Crippen LogP contribution in [0.1, 0.15) is 10.4 Å². The summed E-state index contributed by atoms with van der Waals surface area (Å²) in [5, 5.41) is 13.3. The van der Waals surface area contributed by atoms with E-state index in [1.807, 2.05) is 0 Å². The molecule has 0 heterocycles. The molecule has 0 aliphatic heterocycles. The second-order valence-corrected chi connectivity index (χ2v) is 9.92. The first-order valence-electron chi connectivity index (χ1n) is 7.89. The van der Waals surface area contributed by atoms with E-state index in [4.69, 9.17) is 34.8 Å². The molecule has 0 saturated heterocycles. The van der Waals surface area contributed by atoms with Gasteiger partial charge in [-0.25, -0.2) is 8.42 Å². The van der Waals surface area contributed by atoms with Crippen molar-refractivity contribution in [1.29, 1.82) is 0 Å². The Balaban J connectivity index is 1.98. The van der Waals surface area contributed by atoms with Crippen molar-refractivity contribution in [3.63, 3.8) is 0 Å². The molecule has 0 aliphatic rings. The largest absolute Gasteiger partial charge is 0.506 e. The van der Waals surface area contributed by atoms with Crippen molar-refractivity contribution in [3.05, 3.63) is 79.7 Å². The summed E-state index contributed by atoms with van der Waals surface area (Å²) in [6.07, 6.45) is 0. The molecule has 3 aromatic rings. The lowest BCUT2D eigenvalue weighted by atomic mass is 10.2. The zero-order valence-electron chi connectivity index (χ0n) is 14.3. The molecule has 0 fully saturated rings. The van der Waals surface area contributed by atoms with E-state index in [-0.39, 0.29) is 41.3 Å². The topological polar surface area (TPSA) is 83.5 Å². The van der Waals surface area contributed by atoms with Crippen LogP contribution >= 0.6 is 50.7 Å². The van der Waals surface area contributed by atoms with Gasteiger partial charge in [0.2, 0.25) is 9.84 Å². The number of sulfone groups is 1. The third-order valence-electron chi connectivity index (χ3n) is 3.89. The van der Waals surface area contributed by atoms with Gasteiger partial charge in [-0.3, -0.25) is 4.79 Å². The minimum atomic E-state index is -3.86. The molecule has 0 saturated carbocycles. The summed E-state index contributed by atoms with van der Waals surface area (Å²) in [5.74, 6) is -1.03. The smallest absolute Gasteiger partial charge is 0.259 e. The highest BCUT2D eigenvalue weighted by Crippen LogP contribution is 2.33. The third-order valence-corrected chi connectivity index (χ3v) is 7.06. The van der Waals surface area contributed by atoms with Gasteiger partial charge in [0, 0.05) is 10.0 Å². The Morgan fingerprint density at radius 1 is 0.897 bits per heavy atom. The van der Waals surface area contributed by atoms with E-state index in [0.29, 0.717) is 5.02 Å². The average molecular weight is 536 g/mol. The molecule has 0 spiro atoms. The summed E-state index contributed by atoms with van der Waals surface area (Å²) >= 11 is 21.0. The second-order valence-electron chi connectivity index (χ2n) is 5.84. The van der Waals surface area contributed by atoms with Gasteiger partial charge in [0.05, 0.1) is 30.5 Å². The lowest BCUT2D eigenvalue weighted by Gasteiger charge is -2.12. The summed E-state index contributed by atoms with van der Waals surface area (Å²) < 4.78 is 25.9. The van der Waals surface area contributed by atoms with Crippen LogP contribution < -0.4 is 5.32 Å². The number of phenolic OH excluding ortho intramolecular Hbond substituents is 1. The van der Waals surface area contributed by atoms with Gasteiger partial charge in [-0.15, -0.1) is 0 Å². The highest BCUT2D eigenvalue weighted by molar-refractivity contribution is 9.10. The average Bonchev–Trinajstić information content (AvgIpc) is 2.66. The van der Waals surface area contributed by atoms with E-state index in [1.54, 1.807) is 0 Å². The Kier molecular flexibility index (Phi) is 6.45. The van der Waals surface area contributed by atoms with Crippen LogP contribution in [-0.2, 0) is 9.84 Å². The standard InChI is InChI=1S/C19H11BrCl3NO4S/c20-15-8-11(22)7-14(18(15)25)19(26)24-17-9-13(5-6-16(17)23)29(27,28)12-3-1-10(21)2-4-12/h1-9,25H,(H,24,26). The second kappa shape index (κ2) is 8.53. The van der Waals surface area contributed by atoms with Crippen LogP contribution in [0.3, 0.4) is 0 Å². The molecule has 3 aromatic carbocycles. The molecule has 0 radical (unpaired) electrons. The zero-order chi connectivity index (χ0) is 21.3. The highest BCUT2D eigenvalue weighted by Gasteiger charge is 2.21. The third kappa shape index (κ3) is 4.70. The van der Waals surface area contributed by atoms with Crippen LogP contribution in [0.25, 0.3) is 0 Å². The molecule has 150 valence electrons. The maximum atomic E-state index is 12.8. The maximum Gasteiger partial charge on any atom is 0.259 e. The van der Waals surface area contributed by atoms with E-state index in [2.05, 4.69) is 21.2 Å². The quantitative estimate of drug-likeness (QED) is 0.417. The number of amides is 1. The minimum absolute atomic E-state index is 0.0397.